The molecule has 2 aromatic heterocycles. The summed E-state index contributed by atoms with van der Waals surface area (Å²) in [5, 5.41) is 1.69. The lowest BCUT2D eigenvalue weighted by Crippen LogP contribution is -1.98. The Balaban J connectivity index is 2.16. The topological polar surface area (TPSA) is 53.7 Å². The molecule has 0 aliphatic heterocycles. The van der Waals surface area contributed by atoms with Crippen LogP contribution in [0.4, 0.5) is 0 Å². The van der Waals surface area contributed by atoms with Gasteiger partial charge in [0.05, 0.1) is 31.4 Å². The van der Waals surface area contributed by atoms with Gasteiger partial charge in [0.1, 0.15) is 12.4 Å². The van der Waals surface area contributed by atoms with Gasteiger partial charge in [-0.1, -0.05) is 5.57 Å². The maximum Gasteiger partial charge on any atom is 0.230 e. The monoisotopic (exact) mass is 313 g/mol. The van der Waals surface area contributed by atoms with Gasteiger partial charge in [0, 0.05) is 11.5 Å². The van der Waals surface area contributed by atoms with Crippen molar-refractivity contribution in [3.8, 4) is 17.2 Å². The van der Waals surface area contributed by atoms with Gasteiger partial charge in [-0.2, -0.15) is 0 Å². The van der Waals surface area contributed by atoms with Gasteiger partial charge >= 0.3 is 0 Å². The first-order valence-electron chi connectivity index (χ1n) is 7.33. The van der Waals surface area contributed by atoms with Crippen molar-refractivity contribution in [2.24, 2.45) is 0 Å². The number of benzene rings is 1. The van der Waals surface area contributed by atoms with Crippen LogP contribution >= 0.6 is 0 Å². The van der Waals surface area contributed by atoms with Crippen LogP contribution in [-0.2, 0) is 0 Å². The molecule has 0 fully saturated rings. The SMILES string of the molecule is COc1cc2nc3occc3c(OC)c2cc1OCC=C(C)C. The lowest BCUT2D eigenvalue weighted by atomic mass is 10.1. The number of allylic oxidation sites excluding steroid dienone is 1. The third-order valence-electron chi connectivity index (χ3n) is 3.57. The number of aromatic nitrogens is 1. The fourth-order valence-corrected chi connectivity index (χ4v) is 2.43. The molecule has 0 saturated heterocycles. The van der Waals surface area contributed by atoms with Gasteiger partial charge in [0.2, 0.25) is 5.71 Å². The van der Waals surface area contributed by atoms with Crippen molar-refractivity contribution in [3.05, 3.63) is 36.1 Å². The molecule has 23 heavy (non-hydrogen) atoms. The molecule has 0 saturated carbocycles. The van der Waals surface area contributed by atoms with Crippen LogP contribution in [-0.4, -0.2) is 25.8 Å². The van der Waals surface area contributed by atoms with Crippen LogP contribution in [0.2, 0.25) is 0 Å². The van der Waals surface area contributed by atoms with Crippen LogP contribution in [0.5, 0.6) is 17.2 Å². The second kappa shape index (κ2) is 6.20. The van der Waals surface area contributed by atoms with Crippen molar-refractivity contribution in [3.63, 3.8) is 0 Å². The van der Waals surface area contributed by atoms with Crippen molar-refractivity contribution in [1.29, 1.82) is 0 Å². The van der Waals surface area contributed by atoms with E-state index in [1.807, 2.05) is 38.1 Å². The van der Waals surface area contributed by atoms with Crippen LogP contribution in [0, 0.1) is 0 Å². The molecule has 0 bridgehead atoms. The van der Waals surface area contributed by atoms with E-state index in [2.05, 4.69) is 4.98 Å². The fourth-order valence-electron chi connectivity index (χ4n) is 2.43. The first kappa shape index (κ1) is 15.2. The summed E-state index contributed by atoms with van der Waals surface area (Å²) in [6.45, 7) is 4.54. The Labute approximate surface area is 134 Å². The molecule has 2 heterocycles. The van der Waals surface area contributed by atoms with Crippen LogP contribution in [0.1, 0.15) is 13.8 Å². The number of hydrogen-bond acceptors (Lipinski definition) is 5. The Morgan fingerprint density at radius 1 is 1.13 bits per heavy atom. The van der Waals surface area contributed by atoms with Crippen LogP contribution < -0.4 is 14.2 Å². The fraction of sp³-hybridized carbons (Fsp3) is 0.278. The van der Waals surface area contributed by atoms with E-state index in [0.717, 1.165) is 16.3 Å². The zero-order valence-corrected chi connectivity index (χ0v) is 13.7. The van der Waals surface area contributed by atoms with Crippen LogP contribution in [0.3, 0.4) is 0 Å². The number of furan rings is 1. The Hall–Kier alpha value is -2.69. The zero-order chi connectivity index (χ0) is 16.4. The molecule has 3 aromatic rings. The first-order chi connectivity index (χ1) is 11.1. The molecule has 0 amide bonds. The largest absolute Gasteiger partial charge is 0.495 e. The van der Waals surface area contributed by atoms with Crippen molar-refractivity contribution in [2.75, 3.05) is 20.8 Å². The van der Waals surface area contributed by atoms with Crippen molar-refractivity contribution < 1.29 is 18.6 Å². The Morgan fingerprint density at radius 2 is 1.96 bits per heavy atom. The predicted octanol–water partition coefficient (Wildman–Crippen LogP) is 4.34. The van der Waals surface area contributed by atoms with E-state index in [1.54, 1.807) is 20.5 Å². The van der Waals surface area contributed by atoms with E-state index in [-0.39, 0.29) is 0 Å². The molecule has 0 aliphatic rings. The maximum absolute atomic E-state index is 5.83. The highest BCUT2D eigenvalue weighted by Gasteiger charge is 2.16. The predicted molar refractivity (Wildman–Crippen MR) is 89.5 cm³/mol. The average molecular weight is 313 g/mol. The number of hydrogen-bond donors (Lipinski definition) is 0. The molecular weight excluding hydrogens is 294 g/mol. The summed E-state index contributed by atoms with van der Waals surface area (Å²) in [4.78, 5) is 4.51. The number of pyridine rings is 1. The van der Waals surface area contributed by atoms with Crippen molar-refractivity contribution in [1.82, 2.24) is 4.98 Å². The molecule has 0 radical (unpaired) electrons. The van der Waals surface area contributed by atoms with E-state index in [9.17, 15) is 0 Å². The van der Waals surface area contributed by atoms with Crippen LogP contribution in [0.15, 0.2) is 40.5 Å². The Morgan fingerprint density at radius 3 is 2.65 bits per heavy atom. The summed E-state index contributed by atoms with van der Waals surface area (Å²) in [6.07, 6.45) is 3.61. The molecule has 0 atom stereocenters. The summed E-state index contributed by atoms with van der Waals surface area (Å²) in [6, 6.07) is 5.57. The van der Waals surface area contributed by atoms with E-state index in [0.29, 0.717) is 29.6 Å². The van der Waals surface area contributed by atoms with Gasteiger partial charge in [-0.3, -0.25) is 0 Å². The second-order valence-corrected chi connectivity index (χ2v) is 5.40. The van der Waals surface area contributed by atoms with Gasteiger partial charge in [-0.15, -0.1) is 0 Å². The lowest BCUT2D eigenvalue weighted by Gasteiger charge is -2.13. The quantitative estimate of drug-likeness (QED) is 0.656. The van der Waals surface area contributed by atoms with Crippen molar-refractivity contribution >= 4 is 22.0 Å². The minimum absolute atomic E-state index is 0.480. The van der Waals surface area contributed by atoms with E-state index < -0.39 is 0 Å². The molecule has 5 heteroatoms. The highest BCUT2D eigenvalue weighted by Crippen LogP contribution is 2.39. The van der Waals surface area contributed by atoms with Crippen LogP contribution in [0.25, 0.3) is 22.0 Å². The summed E-state index contributed by atoms with van der Waals surface area (Å²) in [5.41, 5.74) is 2.47. The van der Waals surface area contributed by atoms with E-state index in [1.165, 1.54) is 5.57 Å². The number of methoxy groups -OCH3 is 2. The standard InChI is InChI=1S/C18H19NO4/c1-11(2)5-7-22-16-9-13-14(10-15(16)20-3)19-18-12(6-8-23-18)17(13)21-4/h5-6,8-10H,7H2,1-4H3. The molecular formula is C18H19NO4. The van der Waals surface area contributed by atoms with E-state index >= 15 is 0 Å². The third kappa shape index (κ3) is 2.82. The molecule has 1 aromatic carbocycles. The molecule has 0 spiro atoms. The highest BCUT2D eigenvalue weighted by molar-refractivity contribution is 6.00. The lowest BCUT2D eigenvalue weighted by molar-refractivity contribution is 0.326. The number of nitrogens with zero attached hydrogens (tertiary/aromatic N) is 1. The summed E-state index contributed by atoms with van der Waals surface area (Å²) in [7, 11) is 3.24. The summed E-state index contributed by atoms with van der Waals surface area (Å²) < 4.78 is 22.2. The van der Waals surface area contributed by atoms with Crippen molar-refractivity contribution in [2.45, 2.75) is 13.8 Å². The molecule has 0 unspecified atom stereocenters. The summed E-state index contributed by atoms with van der Waals surface area (Å²) >= 11 is 0. The maximum atomic E-state index is 5.83. The molecule has 0 N–H and O–H groups in total. The third-order valence-corrected chi connectivity index (χ3v) is 3.57. The van der Waals surface area contributed by atoms with Gasteiger partial charge < -0.3 is 18.6 Å². The molecule has 120 valence electrons. The minimum atomic E-state index is 0.480. The summed E-state index contributed by atoms with van der Waals surface area (Å²) in [5.74, 6) is 1.99. The molecule has 5 nitrogen and oxygen atoms in total. The smallest absolute Gasteiger partial charge is 0.230 e. The van der Waals surface area contributed by atoms with Gasteiger partial charge in [0.25, 0.3) is 0 Å². The average Bonchev–Trinajstić information content (AvgIpc) is 2.99. The molecule has 0 aliphatic carbocycles. The van der Waals surface area contributed by atoms with E-state index in [4.69, 9.17) is 18.6 Å². The van der Waals surface area contributed by atoms with Gasteiger partial charge in [0.15, 0.2) is 11.5 Å². The Bertz CT molecular complexity index is 875. The molecule has 3 rings (SSSR count). The normalized spacial score (nSPS) is 10.8. The second-order valence-electron chi connectivity index (χ2n) is 5.40. The minimum Gasteiger partial charge on any atom is -0.495 e. The highest BCUT2D eigenvalue weighted by atomic mass is 16.5. The Kier molecular flexibility index (Phi) is 4.10. The number of rotatable bonds is 5. The van der Waals surface area contributed by atoms with Gasteiger partial charge in [-0.25, -0.2) is 4.98 Å². The first-order valence-corrected chi connectivity index (χ1v) is 7.33. The van der Waals surface area contributed by atoms with Gasteiger partial charge in [-0.05, 0) is 32.1 Å². The number of ether oxygens (including phenoxy) is 3. The number of fused-ring (bicyclic) bond motifs is 2. The zero-order valence-electron chi connectivity index (χ0n) is 13.7.